The van der Waals surface area contributed by atoms with Crippen molar-refractivity contribution >= 4 is 35.1 Å². The molecule has 1 unspecified atom stereocenters. The van der Waals surface area contributed by atoms with Gasteiger partial charge in [0.2, 0.25) is 6.79 Å². The van der Waals surface area contributed by atoms with Gasteiger partial charge in [-0.05, 0) is 60.0 Å². The summed E-state index contributed by atoms with van der Waals surface area (Å²) in [5, 5.41) is 11.9. The maximum absolute atomic E-state index is 13.5. The number of amides is 1. The summed E-state index contributed by atoms with van der Waals surface area (Å²) in [7, 11) is 0. The first-order chi connectivity index (χ1) is 16.3. The highest BCUT2D eigenvalue weighted by Crippen LogP contribution is 2.44. The predicted octanol–water partition coefficient (Wildman–Crippen LogP) is 4.78. The van der Waals surface area contributed by atoms with Gasteiger partial charge >= 0.3 is 0 Å². The normalized spacial score (nSPS) is 18.6. The van der Waals surface area contributed by atoms with Crippen molar-refractivity contribution in [1.29, 1.82) is 0 Å². The molecular formula is C27H22ClNO5. The average Bonchev–Trinajstić information content (AvgIpc) is 3.36. The summed E-state index contributed by atoms with van der Waals surface area (Å²) in [6.07, 6.45) is 2.58. The first-order valence-electron chi connectivity index (χ1n) is 10.8. The number of rotatable bonds is 6. The van der Waals surface area contributed by atoms with E-state index >= 15 is 0 Å². The van der Waals surface area contributed by atoms with Crippen LogP contribution in [0.5, 0.6) is 11.5 Å². The van der Waals surface area contributed by atoms with Gasteiger partial charge in [-0.1, -0.05) is 48.0 Å². The number of halogens is 1. The summed E-state index contributed by atoms with van der Waals surface area (Å²) >= 11 is 6.19. The van der Waals surface area contributed by atoms with Gasteiger partial charge < -0.3 is 19.5 Å². The number of aryl methyl sites for hydroxylation is 1. The van der Waals surface area contributed by atoms with E-state index in [1.165, 1.54) is 11.0 Å². The quantitative estimate of drug-likeness (QED) is 0.519. The Labute approximate surface area is 202 Å². The van der Waals surface area contributed by atoms with Crippen molar-refractivity contribution in [2.75, 3.05) is 11.7 Å². The first-order valence-corrected chi connectivity index (χ1v) is 11.2. The summed E-state index contributed by atoms with van der Waals surface area (Å²) in [6, 6.07) is 18.0. The van der Waals surface area contributed by atoms with Gasteiger partial charge in [0.25, 0.3) is 5.91 Å². The topological polar surface area (TPSA) is 76.1 Å². The van der Waals surface area contributed by atoms with Crippen molar-refractivity contribution in [3.05, 3.63) is 94.0 Å². The molecule has 1 atom stereocenters. The number of hydrogen-bond donors (Lipinski definition) is 1. The molecule has 0 aromatic heterocycles. The number of carbonyl (C=O) groups is 2. The summed E-state index contributed by atoms with van der Waals surface area (Å²) < 4.78 is 10.7. The molecule has 0 spiro atoms. The zero-order chi connectivity index (χ0) is 23.9. The Bertz CT molecular complexity index is 1330. The van der Waals surface area contributed by atoms with Gasteiger partial charge in [-0.25, -0.2) is 0 Å². The van der Waals surface area contributed by atoms with Crippen molar-refractivity contribution in [3.8, 4) is 11.5 Å². The van der Waals surface area contributed by atoms with E-state index in [9.17, 15) is 14.7 Å². The van der Waals surface area contributed by atoms with E-state index in [0.717, 1.165) is 16.7 Å². The van der Waals surface area contributed by atoms with Crippen LogP contribution in [0.2, 0.25) is 5.02 Å². The molecule has 3 aromatic carbocycles. The Morgan fingerprint density at radius 3 is 2.74 bits per heavy atom. The van der Waals surface area contributed by atoms with E-state index in [1.807, 2.05) is 31.2 Å². The van der Waals surface area contributed by atoms with Crippen LogP contribution in [0.4, 0.5) is 5.69 Å². The summed E-state index contributed by atoms with van der Waals surface area (Å²) in [4.78, 5) is 27.9. The van der Waals surface area contributed by atoms with E-state index in [1.54, 1.807) is 42.5 Å². The number of nitrogens with zero attached hydrogens (tertiary/aromatic N) is 1. The molecule has 172 valence electrons. The van der Waals surface area contributed by atoms with Crippen LogP contribution in [-0.2, 0) is 21.7 Å². The number of hydrogen-bond acceptors (Lipinski definition) is 5. The second-order valence-electron chi connectivity index (χ2n) is 8.43. The highest BCUT2D eigenvalue weighted by atomic mass is 35.5. The maximum atomic E-state index is 13.5. The van der Waals surface area contributed by atoms with Crippen molar-refractivity contribution in [2.45, 2.75) is 25.5 Å². The van der Waals surface area contributed by atoms with E-state index in [4.69, 9.17) is 21.1 Å². The zero-order valence-electron chi connectivity index (χ0n) is 18.5. The molecule has 0 aliphatic carbocycles. The SMILES string of the molecule is Cc1ccccc1CN1C(=O)C(O)(CC(=O)C=Cc2ccc3c(c2)OCO3)c2cc(Cl)ccc21. The van der Waals surface area contributed by atoms with Crippen LogP contribution in [0, 0.1) is 6.92 Å². The lowest BCUT2D eigenvalue weighted by Crippen LogP contribution is -2.41. The molecule has 0 saturated carbocycles. The first kappa shape index (κ1) is 22.2. The van der Waals surface area contributed by atoms with Gasteiger partial charge in [0.05, 0.1) is 18.7 Å². The van der Waals surface area contributed by atoms with Crippen molar-refractivity contribution in [1.82, 2.24) is 0 Å². The summed E-state index contributed by atoms with van der Waals surface area (Å²) in [6.45, 7) is 2.41. The minimum atomic E-state index is -2.00. The van der Waals surface area contributed by atoms with Crippen LogP contribution >= 0.6 is 11.6 Å². The van der Waals surface area contributed by atoms with E-state index in [-0.39, 0.29) is 13.3 Å². The maximum Gasteiger partial charge on any atom is 0.264 e. The highest BCUT2D eigenvalue weighted by Gasteiger charge is 2.50. The minimum absolute atomic E-state index is 0.164. The van der Waals surface area contributed by atoms with Crippen LogP contribution in [-0.4, -0.2) is 23.6 Å². The standard InChI is InChI=1S/C27H22ClNO5/c1-17-4-2-3-5-19(17)15-29-23-10-8-20(28)13-22(23)27(32,26(29)31)14-21(30)9-6-18-7-11-24-25(12-18)34-16-33-24/h2-13,32H,14-16H2,1H3. The third-order valence-electron chi connectivity index (χ3n) is 6.17. The molecule has 1 amide bonds. The lowest BCUT2D eigenvalue weighted by atomic mass is 9.89. The molecule has 0 bridgehead atoms. The molecule has 6 nitrogen and oxygen atoms in total. The van der Waals surface area contributed by atoms with E-state index in [2.05, 4.69) is 0 Å². The zero-order valence-corrected chi connectivity index (χ0v) is 19.2. The second-order valence-corrected chi connectivity index (χ2v) is 8.87. The van der Waals surface area contributed by atoms with E-state index < -0.39 is 23.7 Å². The number of anilines is 1. The molecule has 2 aliphatic rings. The molecular weight excluding hydrogens is 454 g/mol. The molecule has 0 fully saturated rings. The molecule has 0 radical (unpaired) electrons. The van der Waals surface area contributed by atoms with Crippen LogP contribution in [0.15, 0.2) is 66.7 Å². The van der Waals surface area contributed by atoms with Gasteiger partial charge in [-0.15, -0.1) is 0 Å². The van der Waals surface area contributed by atoms with Gasteiger partial charge in [-0.3, -0.25) is 9.59 Å². The predicted molar refractivity (Wildman–Crippen MR) is 129 cm³/mol. The van der Waals surface area contributed by atoms with Crippen LogP contribution in [0.3, 0.4) is 0 Å². The summed E-state index contributed by atoms with van der Waals surface area (Å²) in [5.41, 5.74) is 1.61. The van der Waals surface area contributed by atoms with Crippen molar-refractivity contribution < 1.29 is 24.2 Å². The lowest BCUT2D eigenvalue weighted by molar-refractivity contribution is -0.140. The largest absolute Gasteiger partial charge is 0.454 e. The smallest absolute Gasteiger partial charge is 0.264 e. The molecule has 5 rings (SSSR count). The molecule has 2 aliphatic heterocycles. The fraction of sp³-hybridized carbons (Fsp3) is 0.185. The monoisotopic (exact) mass is 475 g/mol. The Balaban J connectivity index is 1.41. The number of aliphatic hydroxyl groups is 1. The highest BCUT2D eigenvalue weighted by molar-refractivity contribution is 6.31. The van der Waals surface area contributed by atoms with Gasteiger partial charge in [0, 0.05) is 10.6 Å². The number of carbonyl (C=O) groups excluding carboxylic acids is 2. The Kier molecular flexibility index (Phi) is 5.63. The minimum Gasteiger partial charge on any atom is -0.454 e. The van der Waals surface area contributed by atoms with Gasteiger partial charge in [0.1, 0.15) is 0 Å². The third-order valence-corrected chi connectivity index (χ3v) is 6.41. The third kappa shape index (κ3) is 3.95. The van der Waals surface area contributed by atoms with E-state index in [0.29, 0.717) is 27.8 Å². The Hall–Kier alpha value is -3.61. The number of fused-ring (bicyclic) bond motifs is 2. The van der Waals surface area contributed by atoms with Crippen LogP contribution in [0.1, 0.15) is 28.7 Å². The summed E-state index contributed by atoms with van der Waals surface area (Å²) in [5.74, 6) is 0.321. The van der Waals surface area contributed by atoms with Crippen LogP contribution < -0.4 is 14.4 Å². The van der Waals surface area contributed by atoms with Crippen molar-refractivity contribution in [2.24, 2.45) is 0 Å². The molecule has 34 heavy (non-hydrogen) atoms. The number of ketones is 1. The second kappa shape index (κ2) is 8.63. The fourth-order valence-corrected chi connectivity index (χ4v) is 4.50. The number of benzene rings is 3. The Morgan fingerprint density at radius 1 is 1.12 bits per heavy atom. The lowest BCUT2D eigenvalue weighted by Gasteiger charge is -2.23. The molecule has 7 heteroatoms. The molecule has 1 N–H and O–H groups in total. The number of ether oxygens (including phenoxy) is 2. The Morgan fingerprint density at radius 2 is 1.91 bits per heavy atom. The van der Waals surface area contributed by atoms with Crippen molar-refractivity contribution in [3.63, 3.8) is 0 Å². The van der Waals surface area contributed by atoms with Gasteiger partial charge in [0.15, 0.2) is 22.9 Å². The number of allylic oxidation sites excluding steroid dienone is 1. The van der Waals surface area contributed by atoms with Crippen LogP contribution in [0.25, 0.3) is 6.08 Å². The molecule has 3 aromatic rings. The molecule has 2 heterocycles. The average molecular weight is 476 g/mol. The molecule has 0 saturated heterocycles. The van der Waals surface area contributed by atoms with Gasteiger partial charge in [-0.2, -0.15) is 0 Å². The fourth-order valence-electron chi connectivity index (χ4n) is 4.33.